The van der Waals surface area contributed by atoms with Gasteiger partial charge >= 0.3 is 5.97 Å². The molecule has 4 saturated carbocycles. The Morgan fingerprint density at radius 2 is 1.54 bits per heavy atom. The number of hydrogen-bond donors (Lipinski definition) is 0. The zero-order chi connectivity index (χ0) is 17.5. The number of carbonyl (C=O) groups is 1. The van der Waals surface area contributed by atoms with Crippen molar-refractivity contribution in [3.8, 4) is 0 Å². The van der Waals surface area contributed by atoms with Crippen molar-refractivity contribution in [2.24, 2.45) is 40.9 Å². The molecule has 4 aliphatic rings. The molecule has 0 saturated heterocycles. The Morgan fingerprint density at radius 1 is 1.00 bits per heavy atom. The average molecular weight is 337 g/mol. The number of rotatable bonds is 7. The maximum atomic E-state index is 12.7. The van der Waals surface area contributed by atoms with Gasteiger partial charge in [0.25, 0.3) is 0 Å². The lowest BCUT2D eigenvalue weighted by Gasteiger charge is -2.53. The van der Waals surface area contributed by atoms with Gasteiger partial charge in [0.05, 0.1) is 11.5 Å². The lowest BCUT2D eigenvalue weighted by Crippen LogP contribution is -2.49. The lowest BCUT2D eigenvalue weighted by molar-refractivity contribution is -0.196. The highest BCUT2D eigenvalue weighted by Gasteiger charge is 2.49. The quantitative estimate of drug-likeness (QED) is 0.483. The fourth-order valence-corrected chi connectivity index (χ4v) is 5.88. The van der Waals surface area contributed by atoms with E-state index in [0.29, 0.717) is 23.9 Å². The first kappa shape index (κ1) is 18.2. The van der Waals surface area contributed by atoms with Crippen molar-refractivity contribution in [2.45, 2.75) is 79.2 Å². The van der Waals surface area contributed by atoms with Crippen LogP contribution in [0.15, 0.2) is 0 Å². The summed E-state index contributed by atoms with van der Waals surface area (Å²) in [4.78, 5) is 12.7. The van der Waals surface area contributed by atoms with Gasteiger partial charge in [-0.3, -0.25) is 4.79 Å². The van der Waals surface area contributed by atoms with E-state index in [1.807, 2.05) is 6.92 Å². The van der Waals surface area contributed by atoms with Crippen molar-refractivity contribution in [2.75, 3.05) is 6.79 Å². The summed E-state index contributed by atoms with van der Waals surface area (Å²) in [7, 11) is 0. The molecular weight excluding hydrogens is 300 g/mol. The molecule has 0 N–H and O–H groups in total. The van der Waals surface area contributed by atoms with Crippen molar-refractivity contribution >= 4 is 5.97 Å². The predicted molar refractivity (Wildman–Crippen MR) is 95.3 cm³/mol. The van der Waals surface area contributed by atoms with Crippen molar-refractivity contribution in [1.82, 2.24) is 0 Å². The molecule has 4 rings (SSSR count). The molecule has 138 valence electrons. The Bertz CT molecular complexity index is 428. The Kier molecular flexibility index (Phi) is 5.30. The van der Waals surface area contributed by atoms with E-state index >= 15 is 0 Å². The smallest absolute Gasteiger partial charge is 0.314 e. The maximum Gasteiger partial charge on any atom is 0.314 e. The normalized spacial score (nSPS) is 37.0. The molecule has 3 heteroatoms. The number of hydrogen-bond acceptors (Lipinski definition) is 3. The van der Waals surface area contributed by atoms with Crippen LogP contribution in [-0.4, -0.2) is 18.9 Å². The lowest BCUT2D eigenvalue weighted by atomic mass is 9.55. The third kappa shape index (κ3) is 3.52. The molecule has 4 aliphatic carbocycles. The molecule has 0 spiro atoms. The van der Waals surface area contributed by atoms with E-state index in [0.717, 1.165) is 18.3 Å². The second-order valence-corrected chi connectivity index (χ2v) is 9.78. The molecule has 0 radical (unpaired) electrons. The zero-order valence-electron chi connectivity index (χ0n) is 16.2. The topological polar surface area (TPSA) is 35.5 Å². The SMILES string of the molecule is CC(C)CC(C)(C(=O)OCOC1C2CC3CC(C2)CC1C3)C(C)C. The standard InChI is InChI=1S/C21H36O3/c1-13(2)11-21(5,14(3)4)20(22)24-12-23-19-17-7-15-6-16(9-17)10-18(19)8-15/h13-19H,6-12H2,1-5H3. The van der Waals surface area contributed by atoms with Gasteiger partial charge in [-0.1, -0.05) is 27.7 Å². The summed E-state index contributed by atoms with van der Waals surface area (Å²) in [5.74, 6) is 3.99. The molecule has 0 amide bonds. The third-order valence-electron chi connectivity index (χ3n) is 7.16. The number of carbonyl (C=O) groups excluding carboxylic acids is 1. The fourth-order valence-electron chi connectivity index (χ4n) is 5.88. The van der Waals surface area contributed by atoms with Crippen LogP contribution in [-0.2, 0) is 14.3 Å². The first-order chi connectivity index (χ1) is 11.3. The van der Waals surface area contributed by atoms with Crippen molar-refractivity contribution in [3.63, 3.8) is 0 Å². The molecule has 24 heavy (non-hydrogen) atoms. The van der Waals surface area contributed by atoms with Gasteiger partial charge in [-0.05, 0) is 81.0 Å². The van der Waals surface area contributed by atoms with Crippen LogP contribution in [0.1, 0.15) is 73.1 Å². The molecule has 0 aliphatic heterocycles. The third-order valence-corrected chi connectivity index (χ3v) is 7.16. The minimum atomic E-state index is -0.415. The predicted octanol–water partition coefficient (Wildman–Crippen LogP) is 5.04. The first-order valence-corrected chi connectivity index (χ1v) is 10.1. The van der Waals surface area contributed by atoms with E-state index in [2.05, 4.69) is 27.7 Å². The van der Waals surface area contributed by atoms with Gasteiger partial charge in [0.1, 0.15) is 0 Å². The average Bonchev–Trinajstić information content (AvgIpc) is 2.48. The van der Waals surface area contributed by atoms with Crippen LogP contribution in [0, 0.1) is 40.9 Å². The highest BCUT2D eigenvalue weighted by atomic mass is 16.7. The van der Waals surface area contributed by atoms with Crippen LogP contribution in [0.25, 0.3) is 0 Å². The maximum absolute atomic E-state index is 12.7. The molecule has 4 bridgehead atoms. The van der Waals surface area contributed by atoms with Gasteiger partial charge < -0.3 is 9.47 Å². The minimum Gasteiger partial charge on any atom is -0.438 e. The summed E-state index contributed by atoms with van der Waals surface area (Å²) in [6, 6.07) is 0. The Labute approximate surface area is 147 Å². The molecule has 0 aromatic carbocycles. The second-order valence-electron chi connectivity index (χ2n) is 9.78. The Balaban J connectivity index is 1.51. The van der Waals surface area contributed by atoms with Gasteiger partial charge in [-0.2, -0.15) is 0 Å². The summed E-state index contributed by atoms with van der Waals surface area (Å²) in [6.07, 6.45) is 8.00. The van der Waals surface area contributed by atoms with E-state index in [1.54, 1.807) is 0 Å². The van der Waals surface area contributed by atoms with Crippen LogP contribution in [0.5, 0.6) is 0 Å². The zero-order valence-corrected chi connectivity index (χ0v) is 16.2. The van der Waals surface area contributed by atoms with Gasteiger partial charge in [0, 0.05) is 0 Å². The molecule has 0 aromatic rings. The van der Waals surface area contributed by atoms with E-state index in [9.17, 15) is 4.79 Å². The van der Waals surface area contributed by atoms with Crippen LogP contribution in [0.4, 0.5) is 0 Å². The summed E-state index contributed by atoms with van der Waals surface area (Å²) in [6.45, 7) is 10.7. The molecular formula is C21H36O3. The van der Waals surface area contributed by atoms with Gasteiger partial charge in [-0.25, -0.2) is 0 Å². The van der Waals surface area contributed by atoms with Crippen molar-refractivity contribution in [3.05, 3.63) is 0 Å². The van der Waals surface area contributed by atoms with E-state index < -0.39 is 5.41 Å². The Morgan fingerprint density at radius 3 is 2.00 bits per heavy atom. The number of esters is 1. The van der Waals surface area contributed by atoms with Gasteiger partial charge in [-0.15, -0.1) is 0 Å². The van der Waals surface area contributed by atoms with Gasteiger partial charge in [0.15, 0.2) is 6.79 Å². The monoisotopic (exact) mass is 336 g/mol. The summed E-state index contributed by atoms with van der Waals surface area (Å²) >= 11 is 0. The molecule has 1 atom stereocenters. The highest BCUT2D eigenvalue weighted by molar-refractivity contribution is 5.76. The number of ether oxygens (including phenoxy) is 2. The largest absolute Gasteiger partial charge is 0.438 e. The van der Waals surface area contributed by atoms with E-state index in [1.165, 1.54) is 32.1 Å². The molecule has 3 nitrogen and oxygen atoms in total. The van der Waals surface area contributed by atoms with Crippen LogP contribution < -0.4 is 0 Å². The fraction of sp³-hybridized carbons (Fsp3) is 0.952. The van der Waals surface area contributed by atoms with Crippen molar-refractivity contribution in [1.29, 1.82) is 0 Å². The first-order valence-electron chi connectivity index (χ1n) is 10.1. The summed E-state index contributed by atoms with van der Waals surface area (Å²) in [5.41, 5.74) is -0.415. The van der Waals surface area contributed by atoms with Crippen LogP contribution in [0.3, 0.4) is 0 Å². The summed E-state index contributed by atoms with van der Waals surface area (Å²) in [5, 5.41) is 0. The van der Waals surface area contributed by atoms with E-state index in [-0.39, 0.29) is 18.7 Å². The van der Waals surface area contributed by atoms with E-state index in [4.69, 9.17) is 9.47 Å². The molecule has 4 fully saturated rings. The van der Waals surface area contributed by atoms with Crippen LogP contribution in [0.2, 0.25) is 0 Å². The molecule has 0 heterocycles. The Hall–Kier alpha value is -0.570. The summed E-state index contributed by atoms with van der Waals surface area (Å²) < 4.78 is 11.7. The molecule has 0 aromatic heterocycles. The molecule has 1 unspecified atom stereocenters. The van der Waals surface area contributed by atoms with Crippen molar-refractivity contribution < 1.29 is 14.3 Å². The second kappa shape index (κ2) is 6.97. The van der Waals surface area contributed by atoms with Gasteiger partial charge in [0.2, 0.25) is 0 Å². The highest BCUT2D eigenvalue weighted by Crippen LogP contribution is 2.54. The van der Waals surface area contributed by atoms with Crippen LogP contribution >= 0.6 is 0 Å². The minimum absolute atomic E-state index is 0.0879.